The van der Waals surface area contributed by atoms with Gasteiger partial charge in [-0.05, 0) is 63.7 Å². The van der Waals surface area contributed by atoms with E-state index in [9.17, 15) is 30.7 Å². The third-order valence-corrected chi connectivity index (χ3v) is 7.27. The molecule has 0 spiro atoms. The summed E-state index contributed by atoms with van der Waals surface area (Å²) in [4.78, 5) is 3.88. The lowest BCUT2D eigenvalue weighted by Gasteiger charge is -2.43. The Morgan fingerprint density at radius 2 is 1.78 bits per heavy atom. The van der Waals surface area contributed by atoms with E-state index in [1.165, 1.54) is 31.2 Å². The van der Waals surface area contributed by atoms with Gasteiger partial charge in [0.05, 0.1) is 29.7 Å². The number of nitrogens with one attached hydrogen (secondary N) is 1. The number of H-pyrrole nitrogens is 1. The fourth-order valence-corrected chi connectivity index (χ4v) is 5.03. The molecule has 0 amide bonds. The van der Waals surface area contributed by atoms with Gasteiger partial charge in [0.2, 0.25) is 0 Å². The minimum absolute atomic E-state index is 0.164. The molecule has 2 aliphatic rings. The van der Waals surface area contributed by atoms with Crippen molar-refractivity contribution in [1.82, 2.24) is 25.2 Å². The normalized spacial score (nSPS) is 25.3. The zero-order valence-electron chi connectivity index (χ0n) is 23.0. The Kier molecular flexibility index (Phi) is 8.98. The Hall–Kier alpha value is -2.81. The Morgan fingerprint density at radius 1 is 1.12 bits per heavy atom. The number of aromatic nitrogens is 3. The maximum absolute atomic E-state index is 13.9. The first kappa shape index (κ1) is 31.1. The molecule has 1 unspecified atom stereocenters. The molecule has 0 bridgehead atoms. The smallest absolute Gasteiger partial charge is 0.349 e. The van der Waals surface area contributed by atoms with Crippen molar-refractivity contribution in [3.05, 3.63) is 70.3 Å². The van der Waals surface area contributed by atoms with Crippen LogP contribution in [-0.4, -0.2) is 77.2 Å². The summed E-state index contributed by atoms with van der Waals surface area (Å²) in [5.74, 6) is -0.474. The molecule has 7 nitrogen and oxygen atoms in total. The van der Waals surface area contributed by atoms with Crippen LogP contribution in [0, 0.1) is 11.2 Å². The number of hydrogen-bond acceptors (Lipinski definition) is 6. The maximum atomic E-state index is 13.9. The first-order chi connectivity index (χ1) is 19.1. The van der Waals surface area contributed by atoms with Crippen molar-refractivity contribution >= 4 is 0 Å². The Labute approximate surface area is 233 Å². The monoisotopic (exact) mass is 591 g/mol. The van der Waals surface area contributed by atoms with Crippen LogP contribution < -0.4 is 0 Å². The quantitative estimate of drug-likeness (QED) is 0.398. The number of morpholine rings is 1. The predicted octanol–water partition coefficient (Wildman–Crippen LogP) is 5.70. The molecule has 0 radical (unpaired) electrons. The standard InChI is InChI=1S/C27H32F7N5O2/c1-16(18-11-19(26(29,30)31)13-25(2,12-18)27(32,33)34)41-24-23(17-5-7-20(28)8-6-17)39(9-10-40-24)15-22-21(14-38(3)4)35-37-36-22/h5-8,11,13,16,23-24H,9-10,12,14-15H2,1-4H3,(H,35,36,37)/t16-,23+,24-,25?/m1/s1. The number of benzene rings is 1. The number of halogens is 7. The molecule has 1 N–H and O–H groups in total. The molecule has 1 aromatic carbocycles. The minimum atomic E-state index is -4.98. The van der Waals surface area contributed by atoms with Gasteiger partial charge in [-0.2, -0.15) is 41.8 Å². The van der Waals surface area contributed by atoms with Crippen molar-refractivity contribution < 1.29 is 40.2 Å². The summed E-state index contributed by atoms with van der Waals surface area (Å²) in [5, 5.41) is 11.1. The summed E-state index contributed by atoms with van der Waals surface area (Å²) in [6.07, 6.45) is -11.9. The van der Waals surface area contributed by atoms with E-state index < -0.39 is 54.0 Å². The molecule has 1 fully saturated rings. The average molecular weight is 592 g/mol. The Balaban J connectivity index is 1.64. The molecule has 1 aromatic heterocycles. The van der Waals surface area contributed by atoms with E-state index in [2.05, 4.69) is 15.4 Å². The zero-order valence-corrected chi connectivity index (χ0v) is 23.0. The van der Waals surface area contributed by atoms with Crippen LogP contribution in [0.5, 0.6) is 0 Å². The molecular weight excluding hydrogens is 559 g/mol. The first-order valence-corrected chi connectivity index (χ1v) is 12.9. The summed E-state index contributed by atoms with van der Waals surface area (Å²) in [5.41, 5.74) is -2.33. The summed E-state index contributed by atoms with van der Waals surface area (Å²) in [6.45, 7) is 3.51. The van der Waals surface area contributed by atoms with E-state index in [0.29, 0.717) is 36.1 Å². The number of aromatic amines is 1. The molecule has 1 aliphatic heterocycles. The van der Waals surface area contributed by atoms with E-state index >= 15 is 0 Å². The predicted molar refractivity (Wildman–Crippen MR) is 135 cm³/mol. The Morgan fingerprint density at radius 3 is 2.39 bits per heavy atom. The maximum Gasteiger partial charge on any atom is 0.416 e. The van der Waals surface area contributed by atoms with Crippen LogP contribution in [0.3, 0.4) is 0 Å². The van der Waals surface area contributed by atoms with Crippen LogP contribution in [0.4, 0.5) is 30.7 Å². The van der Waals surface area contributed by atoms with Crippen LogP contribution >= 0.6 is 0 Å². The summed E-state index contributed by atoms with van der Waals surface area (Å²) < 4.78 is 108. The van der Waals surface area contributed by atoms with Crippen LogP contribution in [0.2, 0.25) is 0 Å². The zero-order chi connectivity index (χ0) is 30.2. The summed E-state index contributed by atoms with van der Waals surface area (Å²) in [6, 6.07) is 4.92. The molecule has 4 rings (SSSR count). The highest BCUT2D eigenvalue weighted by Gasteiger charge is 2.53. The third-order valence-electron chi connectivity index (χ3n) is 7.27. The van der Waals surface area contributed by atoms with Crippen molar-refractivity contribution in [2.45, 2.75) is 64.1 Å². The molecule has 0 saturated carbocycles. The molecular formula is C27H32F7N5O2. The summed E-state index contributed by atoms with van der Waals surface area (Å²) in [7, 11) is 3.76. The van der Waals surface area contributed by atoms with E-state index in [0.717, 1.165) is 6.92 Å². The molecule has 4 atom stereocenters. The van der Waals surface area contributed by atoms with Gasteiger partial charge in [0.1, 0.15) is 17.2 Å². The second kappa shape index (κ2) is 11.8. The second-order valence-electron chi connectivity index (χ2n) is 10.8. The van der Waals surface area contributed by atoms with Gasteiger partial charge in [0.25, 0.3) is 0 Å². The number of allylic oxidation sites excluding steroid dienone is 3. The van der Waals surface area contributed by atoms with Gasteiger partial charge in [0, 0.05) is 19.6 Å². The van der Waals surface area contributed by atoms with Gasteiger partial charge in [-0.1, -0.05) is 18.2 Å². The lowest BCUT2D eigenvalue weighted by Crippen LogP contribution is -2.47. The van der Waals surface area contributed by atoms with Crippen molar-refractivity contribution in [2.24, 2.45) is 5.41 Å². The van der Waals surface area contributed by atoms with E-state index in [4.69, 9.17) is 9.47 Å². The lowest BCUT2D eigenvalue weighted by atomic mass is 9.75. The molecule has 1 aliphatic carbocycles. The number of hydrogen-bond donors (Lipinski definition) is 1. The summed E-state index contributed by atoms with van der Waals surface area (Å²) >= 11 is 0. The second-order valence-corrected chi connectivity index (χ2v) is 10.8. The third kappa shape index (κ3) is 7.16. The number of rotatable bonds is 8. The van der Waals surface area contributed by atoms with Crippen LogP contribution in [0.1, 0.15) is 43.3 Å². The van der Waals surface area contributed by atoms with E-state index in [1.807, 2.05) is 23.9 Å². The van der Waals surface area contributed by atoms with Crippen LogP contribution in [-0.2, 0) is 22.6 Å². The van der Waals surface area contributed by atoms with Gasteiger partial charge in [-0.25, -0.2) is 4.39 Å². The van der Waals surface area contributed by atoms with Crippen molar-refractivity contribution in [3.63, 3.8) is 0 Å². The molecule has 41 heavy (non-hydrogen) atoms. The number of alkyl halides is 6. The van der Waals surface area contributed by atoms with Crippen molar-refractivity contribution in [3.8, 4) is 0 Å². The highest BCUT2D eigenvalue weighted by atomic mass is 19.4. The van der Waals surface area contributed by atoms with Crippen LogP contribution in [0.25, 0.3) is 0 Å². The van der Waals surface area contributed by atoms with E-state index in [1.54, 1.807) is 0 Å². The molecule has 1 saturated heterocycles. The average Bonchev–Trinajstić information content (AvgIpc) is 3.29. The minimum Gasteiger partial charge on any atom is -0.349 e. The highest BCUT2D eigenvalue weighted by Crippen LogP contribution is 2.50. The fourth-order valence-electron chi connectivity index (χ4n) is 5.03. The molecule has 226 valence electrons. The molecule has 2 heterocycles. The number of ether oxygens (including phenoxy) is 2. The molecule has 2 aromatic rings. The lowest BCUT2D eigenvalue weighted by molar-refractivity contribution is -0.227. The van der Waals surface area contributed by atoms with Crippen LogP contribution in [0.15, 0.2) is 47.6 Å². The fraction of sp³-hybridized carbons (Fsp3) is 0.556. The van der Waals surface area contributed by atoms with Gasteiger partial charge < -0.3 is 14.4 Å². The van der Waals surface area contributed by atoms with Gasteiger partial charge in [0.15, 0.2) is 6.29 Å². The Bertz CT molecular complexity index is 1260. The van der Waals surface area contributed by atoms with E-state index in [-0.39, 0.29) is 24.8 Å². The highest BCUT2D eigenvalue weighted by molar-refractivity contribution is 5.37. The first-order valence-electron chi connectivity index (χ1n) is 12.9. The van der Waals surface area contributed by atoms with Crippen molar-refractivity contribution in [1.29, 1.82) is 0 Å². The SMILES string of the molecule is C[C@@H](O[C@H]1OCCN(Cc2n[nH]nc2CN(C)C)[C@H]1c1ccc(F)cc1)C1=CC(C(F)(F)F)=CC(C)(C(F)(F)F)C1. The molecule has 14 heteroatoms. The largest absolute Gasteiger partial charge is 0.416 e. The van der Waals surface area contributed by atoms with Gasteiger partial charge in [-0.3, -0.25) is 4.90 Å². The van der Waals surface area contributed by atoms with Crippen molar-refractivity contribution in [2.75, 3.05) is 27.2 Å². The topological polar surface area (TPSA) is 66.5 Å². The number of nitrogens with zero attached hydrogens (tertiary/aromatic N) is 4. The van der Waals surface area contributed by atoms with Gasteiger partial charge >= 0.3 is 12.4 Å². The van der Waals surface area contributed by atoms with Gasteiger partial charge in [-0.15, -0.1) is 0 Å².